The molecule has 1 heterocycles. The molecule has 7 nitrogen and oxygen atoms in total. The minimum Gasteiger partial charge on any atom is -0.497 e. The van der Waals surface area contributed by atoms with Gasteiger partial charge >= 0.3 is 0 Å². The number of methoxy groups -OCH3 is 4. The number of nitrogens with zero attached hydrogens (tertiary/aromatic N) is 1. The van der Waals surface area contributed by atoms with Crippen LogP contribution in [0.4, 0.5) is 0 Å². The maximum Gasteiger partial charge on any atom is 0.247 e. The second kappa shape index (κ2) is 7.89. The number of hydrogen-bond donors (Lipinski definition) is 0. The van der Waals surface area contributed by atoms with Crippen LogP contribution in [-0.4, -0.2) is 47.7 Å². The Kier molecular flexibility index (Phi) is 5.71. The normalized spacial score (nSPS) is 17.0. The standard InChI is InChI=1S/C20H25NO6S/c1-13-16-12-19(27-5)18(26-4)10-14(16)8-9-21(13)28(22,23)20-11-15(24-2)6-7-17(20)25-3/h6-7,10-13H,8-9H2,1-5H3/t13-/m1/s1. The van der Waals surface area contributed by atoms with Crippen LogP contribution in [0.25, 0.3) is 0 Å². The van der Waals surface area contributed by atoms with Gasteiger partial charge in [0, 0.05) is 18.7 Å². The summed E-state index contributed by atoms with van der Waals surface area (Å²) in [6.45, 7) is 2.22. The molecule has 0 spiro atoms. The highest BCUT2D eigenvalue weighted by atomic mass is 32.2. The van der Waals surface area contributed by atoms with Crippen LogP contribution in [0.2, 0.25) is 0 Å². The molecule has 28 heavy (non-hydrogen) atoms. The first-order valence-electron chi connectivity index (χ1n) is 8.86. The van der Waals surface area contributed by atoms with Crippen LogP contribution in [0.1, 0.15) is 24.1 Å². The van der Waals surface area contributed by atoms with Crippen molar-refractivity contribution in [2.75, 3.05) is 35.0 Å². The van der Waals surface area contributed by atoms with Crippen LogP contribution < -0.4 is 18.9 Å². The van der Waals surface area contributed by atoms with Gasteiger partial charge in [-0.1, -0.05) is 0 Å². The predicted molar refractivity (Wildman–Crippen MR) is 105 cm³/mol. The smallest absolute Gasteiger partial charge is 0.247 e. The van der Waals surface area contributed by atoms with Gasteiger partial charge in [0.1, 0.15) is 16.4 Å². The fourth-order valence-electron chi connectivity index (χ4n) is 3.56. The molecule has 3 rings (SSSR count). The number of fused-ring (bicyclic) bond motifs is 1. The summed E-state index contributed by atoms with van der Waals surface area (Å²) in [5, 5.41) is 0. The number of hydrogen-bond acceptors (Lipinski definition) is 6. The van der Waals surface area contributed by atoms with Crippen molar-refractivity contribution in [3.05, 3.63) is 41.5 Å². The van der Waals surface area contributed by atoms with Crippen molar-refractivity contribution in [1.82, 2.24) is 4.31 Å². The lowest BCUT2D eigenvalue weighted by Crippen LogP contribution is -2.39. The van der Waals surface area contributed by atoms with Crippen molar-refractivity contribution < 1.29 is 27.4 Å². The summed E-state index contributed by atoms with van der Waals surface area (Å²) in [6.07, 6.45) is 0.575. The van der Waals surface area contributed by atoms with E-state index >= 15 is 0 Å². The van der Waals surface area contributed by atoms with E-state index in [2.05, 4.69) is 0 Å². The second-order valence-electron chi connectivity index (χ2n) is 6.46. The first-order valence-corrected chi connectivity index (χ1v) is 10.3. The average Bonchev–Trinajstić information content (AvgIpc) is 2.72. The van der Waals surface area contributed by atoms with Crippen molar-refractivity contribution in [2.45, 2.75) is 24.3 Å². The molecular weight excluding hydrogens is 382 g/mol. The minimum atomic E-state index is -3.81. The lowest BCUT2D eigenvalue weighted by molar-refractivity contribution is 0.316. The van der Waals surface area contributed by atoms with Gasteiger partial charge in [-0.25, -0.2) is 8.42 Å². The largest absolute Gasteiger partial charge is 0.497 e. The third kappa shape index (κ3) is 3.38. The maximum atomic E-state index is 13.5. The zero-order valence-corrected chi connectivity index (χ0v) is 17.5. The van der Waals surface area contributed by atoms with Gasteiger partial charge in [-0.3, -0.25) is 0 Å². The van der Waals surface area contributed by atoms with E-state index in [0.717, 1.165) is 11.1 Å². The summed E-state index contributed by atoms with van der Waals surface area (Å²) < 4.78 is 49.7. The topological polar surface area (TPSA) is 74.3 Å². The van der Waals surface area contributed by atoms with E-state index in [-0.39, 0.29) is 16.7 Å². The quantitative estimate of drug-likeness (QED) is 0.733. The van der Waals surface area contributed by atoms with Gasteiger partial charge in [0.05, 0.1) is 28.4 Å². The predicted octanol–water partition coefficient (Wildman–Crippen LogP) is 3.03. The highest BCUT2D eigenvalue weighted by Gasteiger charge is 2.36. The Morgan fingerprint density at radius 1 is 0.893 bits per heavy atom. The summed E-state index contributed by atoms with van der Waals surface area (Å²) in [4.78, 5) is 0.0881. The van der Waals surface area contributed by atoms with E-state index < -0.39 is 10.0 Å². The summed E-state index contributed by atoms with van der Waals surface area (Å²) in [6, 6.07) is 8.16. The maximum absolute atomic E-state index is 13.5. The van der Waals surface area contributed by atoms with Crippen molar-refractivity contribution >= 4 is 10.0 Å². The van der Waals surface area contributed by atoms with E-state index in [9.17, 15) is 8.42 Å². The lowest BCUT2D eigenvalue weighted by Gasteiger charge is -2.35. The third-order valence-corrected chi connectivity index (χ3v) is 7.08. The number of ether oxygens (including phenoxy) is 4. The van der Waals surface area contributed by atoms with Crippen molar-refractivity contribution in [2.24, 2.45) is 0 Å². The molecular formula is C20H25NO6S. The van der Waals surface area contributed by atoms with Gasteiger partial charge in [-0.2, -0.15) is 4.31 Å². The number of benzene rings is 2. The molecule has 0 amide bonds. The van der Waals surface area contributed by atoms with E-state index in [1.165, 1.54) is 24.6 Å². The van der Waals surface area contributed by atoms with E-state index in [4.69, 9.17) is 18.9 Å². The van der Waals surface area contributed by atoms with Gasteiger partial charge < -0.3 is 18.9 Å². The van der Waals surface area contributed by atoms with Crippen molar-refractivity contribution in [3.8, 4) is 23.0 Å². The fraction of sp³-hybridized carbons (Fsp3) is 0.400. The Morgan fingerprint density at radius 3 is 2.14 bits per heavy atom. The molecule has 0 bridgehead atoms. The molecule has 152 valence electrons. The fourth-order valence-corrected chi connectivity index (χ4v) is 5.35. The Bertz CT molecular complexity index is 973. The van der Waals surface area contributed by atoms with Gasteiger partial charge in [-0.05, 0) is 48.7 Å². The molecule has 0 radical (unpaired) electrons. The molecule has 0 saturated heterocycles. The summed E-state index contributed by atoms with van der Waals surface area (Å²) >= 11 is 0. The number of sulfonamides is 1. The van der Waals surface area contributed by atoms with Crippen LogP contribution in [0.15, 0.2) is 35.2 Å². The monoisotopic (exact) mass is 407 g/mol. The molecule has 2 aromatic carbocycles. The van der Waals surface area contributed by atoms with Crippen molar-refractivity contribution in [1.29, 1.82) is 0 Å². The Balaban J connectivity index is 2.06. The number of rotatable bonds is 6. The molecule has 0 saturated carbocycles. The van der Waals surface area contributed by atoms with Crippen molar-refractivity contribution in [3.63, 3.8) is 0 Å². The Labute approximate surface area is 165 Å². The first-order chi connectivity index (χ1) is 13.4. The summed E-state index contributed by atoms with van der Waals surface area (Å²) in [5.41, 5.74) is 1.95. The molecule has 0 aromatic heterocycles. The molecule has 2 aromatic rings. The molecule has 1 aliphatic heterocycles. The lowest BCUT2D eigenvalue weighted by atomic mass is 9.94. The van der Waals surface area contributed by atoms with Gasteiger partial charge in [0.15, 0.2) is 11.5 Å². The zero-order valence-electron chi connectivity index (χ0n) is 16.7. The molecule has 0 aliphatic carbocycles. The Morgan fingerprint density at radius 2 is 1.54 bits per heavy atom. The molecule has 1 aliphatic rings. The highest BCUT2D eigenvalue weighted by Crippen LogP contribution is 2.41. The van der Waals surface area contributed by atoms with Gasteiger partial charge in [0.25, 0.3) is 0 Å². The summed E-state index contributed by atoms with van der Waals surface area (Å²) in [5.74, 6) is 1.95. The second-order valence-corrected chi connectivity index (χ2v) is 8.32. The van der Waals surface area contributed by atoms with Crippen LogP contribution in [0.3, 0.4) is 0 Å². The van der Waals surface area contributed by atoms with Crippen LogP contribution in [-0.2, 0) is 16.4 Å². The van der Waals surface area contributed by atoms with Crippen LogP contribution >= 0.6 is 0 Å². The van der Waals surface area contributed by atoms with E-state index in [1.54, 1.807) is 26.4 Å². The molecule has 0 fully saturated rings. The Hall–Kier alpha value is -2.45. The molecule has 1 atom stereocenters. The summed E-state index contributed by atoms with van der Waals surface area (Å²) in [7, 11) is 2.29. The van der Waals surface area contributed by atoms with Crippen LogP contribution in [0.5, 0.6) is 23.0 Å². The van der Waals surface area contributed by atoms with Crippen LogP contribution in [0, 0.1) is 0 Å². The zero-order chi connectivity index (χ0) is 20.5. The van der Waals surface area contributed by atoms with E-state index in [1.807, 2.05) is 19.1 Å². The molecule has 0 N–H and O–H groups in total. The SMILES string of the molecule is COc1ccc(OC)c(S(=O)(=O)N2CCc3cc(OC)c(OC)cc3[C@H]2C)c1. The van der Waals surface area contributed by atoms with Gasteiger partial charge in [0.2, 0.25) is 10.0 Å². The minimum absolute atomic E-state index is 0.0881. The van der Waals surface area contributed by atoms with E-state index in [0.29, 0.717) is 30.2 Å². The molecule has 0 unspecified atom stereocenters. The first kappa shape index (κ1) is 20.3. The molecule has 8 heteroatoms. The highest BCUT2D eigenvalue weighted by molar-refractivity contribution is 7.89. The van der Waals surface area contributed by atoms with Gasteiger partial charge in [-0.15, -0.1) is 0 Å². The average molecular weight is 407 g/mol. The third-order valence-electron chi connectivity index (χ3n) is 5.09.